The maximum atomic E-state index is 12.4. The van der Waals surface area contributed by atoms with Crippen LogP contribution in [0.1, 0.15) is 37.8 Å². The predicted octanol–water partition coefficient (Wildman–Crippen LogP) is 2.13. The number of nitrogens with zero attached hydrogens (tertiary/aromatic N) is 1. The number of hydrogen-bond acceptors (Lipinski definition) is 3. The SMILES string of the molecule is CC1(C)CCN(S(=O)(=O)Cc2cccc(CO)c2)CC1. The molecule has 1 aromatic carbocycles. The summed E-state index contributed by atoms with van der Waals surface area (Å²) in [6.45, 7) is 5.51. The molecule has 0 radical (unpaired) electrons. The Balaban J connectivity index is 2.07. The van der Waals surface area contributed by atoms with Gasteiger partial charge in [-0.3, -0.25) is 0 Å². The summed E-state index contributed by atoms with van der Waals surface area (Å²) in [5.74, 6) is 0.0151. The third-order valence-corrected chi connectivity index (χ3v) is 5.84. The van der Waals surface area contributed by atoms with Gasteiger partial charge in [0.25, 0.3) is 0 Å². The first kappa shape index (κ1) is 15.5. The molecule has 2 rings (SSSR count). The van der Waals surface area contributed by atoms with Gasteiger partial charge in [-0.15, -0.1) is 0 Å². The van der Waals surface area contributed by atoms with Gasteiger partial charge >= 0.3 is 0 Å². The van der Waals surface area contributed by atoms with Crippen LogP contribution in [0.3, 0.4) is 0 Å². The van der Waals surface area contributed by atoms with Crippen LogP contribution in [-0.2, 0) is 22.4 Å². The molecular formula is C15H23NO3S. The molecule has 0 saturated carbocycles. The average molecular weight is 297 g/mol. The number of piperidine rings is 1. The van der Waals surface area contributed by atoms with Crippen molar-refractivity contribution >= 4 is 10.0 Å². The highest BCUT2D eigenvalue weighted by molar-refractivity contribution is 7.88. The van der Waals surface area contributed by atoms with Crippen LogP contribution in [0.15, 0.2) is 24.3 Å². The standard InChI is InChI=1S/C15H23NO3S/c1-15(2)6-8-16(9-7-15)20(18,19)12-14-5-3-4-13(10-14)11-17/h3-5,10,17H,6-9,11-12H2,1-2H3. The lowest BCUT2D eigenvalue weighted by Gasteiger charge is -2.36. The number of rotatable bonds is 4. The number of hydrogen-bond donors (Lipinski definition) is 1. The molecule has 1 N–H and O–H groups in total. The molecule has 0 unspecified atom stereocenters. The van der Waals surface area contributed by atoms with Gasteiger partial charge in [0.1, 0.15) is 0 Å². The van der Waals surface area contributed by atoms with Crippen LogP contribution in [0.4, 0.5) is 0 Å². The fraction of sp³-hybridized carbons (Fsp3) is 0.600. The van der Waals surface area contributed by atoms with Crippen LogP contribution in [-0.4, -0.2) is 30.9 Å². The van der Waals surface area contributed by atoms with Crippen molar-refractivity contribution in [2.45, 2.75) is 39.0 Å². The fourth-order valence-corrected chi connectivity index (χ4v) is 4.01. The summed E-state index contributed by atoms with van der Waals surface area (Å²) < 4.78 is 26.5. The van der Waals surface area contributed by atoms with Gasteiger partial charge in [0, 0.05) is 13.1 Å². The van der Waals surface area contributed by atoms with E-state index in [1.807, 2.05) is 0 Å². The molecule has 5 heteroatoms. The van der Waals surface area contributed by atoms with E-state index < -0.39 is 10.0 Å². The molecular weight excluding hydrogens is 274 g/mol. The summed E-state index contributed by atoms with van der Waals surface area (Å²) in [7, 11) is -3.26. The van der Waals surface area contributed by atoms with Gasteiger partial charge in [0.05, 0.1) is 12.4 Å². The van der Waals surface area contributed by atoms with E-state index in [0.29, 0.717) is 13.1 Å². The lowest BCUT2D eigenvalue weighted by atomic mass is 9.83. The van der Waals surface area contributed by atoms with Crippen molar-refractivity contribution in [1.29, 1.82) is 0 Å². The molecule has 0 bridgehead atoms. The topological polar surface area (TPSA) is 57.6 Å². The van der Waals surface area contributed by atoms with Crippen molar-refractivity contribution in [3.8, 4) is 0 Å². The van der Waals surface area contributed by atoms with Crippen molar-refractivity contribution in [2.24, 2.45) is 5.41 Å². The molecule has 1 aliphatic heterocycles. The predicted molar refractivity (Wildman–Crippen MR) is 79.6 cm³/mol. The summed E-state index contributed by atoms with van der Waals surface area (Å²) in [5, 5.41) is 9.11. The van der Waals surface area contributed by atoms with E-state index >= 15 is 0 Å². The van der Waals surface area contributed by atoms with Crippen molar-refractivity contribution < 1.29 is 13.5 Å². The Morgan fingerprint density at radius 1 is 1.20 bits per heavy atom. The zero-order valence-corrected chi connectivity index (χ0v) is 13.0. The van der Waals surface area contributed by atoms with Crippen LogP contribution in [0.25, 0.3) is 0 Å². The summed E-state index contributed by atoms with van der Waals surface area (Å²) in [6.07, 6.45) is 1.81. The highest BCUT2D eigenvalue weighted by Gasteiger charge is 2.31. The Hall–Kier alpha value is -0.910. The molecule has 0 amide bonds. The minimum absolute atomic E-state index is 0.0151. The van der Waals surface area contributed by atoms with E-state index in [0.717, 1.165) is 24.0 Å². The molecule has 20 heavy (non-hydrogen) atoms. The molecule has 0 atom stereocenters. The zero-order chi connectivity index (χ0) is 14.8. The lowest BCUT2D eigenvalue weighted by Crippen LogP contribution is -2.41. The summed E-state index contributed by atoms with van der Waals surface area (Å²) in [4.78, 5) is 0. The minimum atomic E-state index is -3.26. The van der Waals surface area contributed by atoms with Crippen molar-refractivity contribution in [1.82, 2.24) is 4.31 Å². The van der Waals surface area contributed by atoms with Crippen LogP contribution >= 0.6 is 0 Å². The second kappa shape index (κ2) is 5.84. The van der Waals surface area contributed by atoms with Crippen molar-refractivity contribution in [3.05, 3.63) is 35.4 Å². The van der Waals surface area contributed by atoms with Gasteiger partial charge in [0.15, 0.2) is 0 Å². The van der Waals surface area contributed by atoms with Crippen LogP contribution in [0.2, 0.25) is 0 Å². The zero-order valence-electron chi connectivity index (χ0n) is 12.2. The van der Waals surface area contributed by atoms with Crippen molar-refractivity contribution in [3.63, 3.8) is 0 Å². The van der Waals surface area contributed by atoms with Crippen LogP contribution < -0.4 is 0 Å². The Labute approximate surface area is 121 Å². The number of benzene rings is 1. The van der Waals surface area contributed by atoms with Crippen LogP contribution in [0, 0.1) is 5.41 Å². The van der Waals surface area contributed by atoms with E-state index in [2.05, 4.69) is 13.8 Å². The van der Waals surface area contributed by atoms with E-state index in [-0.39, 0.29) is 17.8 Å². The highest BCUT2D eigenvalue weighted by atomic mass is 32.2. The molecule has 1 fully saturated rings. The normalized spacial score (nSPS) is 19.9. The second-order valence-electron chi connectivity index (χ2n) is 6.30. The summed E-state index contributed by atoms with van der Waals surface area (Å²) in [5.41, 5.74) is 1.72. The van der Waals surface area contributed by atoms with E-state index in [1.54, 1.807) is 28.6 Å². The van der Waals surface area contributed by atoms with E-state index in [9.17, 15) is 8.42 Å². The number of aliphatic hydroxyl groups is 1. The first-order chi connectivity index (χ1) is 9.32. The smallest absolute Gasteiger partial charge is 0.218 e. The largest absolute Gasteiger partial charge is 0.392 e. The maximum Gasteiger partial charge on any atom is 0.218 e. The Bertz CT molecular complexity index is 556. The molecule has 0 aromatic heterocycles. The summed E-state index contributed by atoms with van der Waals surface area (Å²) in [6, 6.07) is 7.13. The maximum absolute atomic E-state index is 12.4. The Kier molecular flexibility index (Phi) is 4.52. The highest BCUT2D eigenvalue weighted by Crippen LogP contribution is 2.31. The Morgan fingerprint density at radius 3 is 2.40 bits per heavy atom. The monoisotopic (exact) mass is 297 g/mol. The third kappa shape index (κ3) is 3.81. The van der Waals surface area contributed by atoms with Gasteiger partial charge in [-0.1, -0.05) is 38.1 Å². The molecule has 1 heterocycles. The average Bonchev–Trinajstić information content (AvgIpc) is 2.38. The van der Waals surface area contributed by atoms with E-state index in [1.165, 1.54) is 0 Å². The first-order valence-electron chi connectivity index (χ1n) is 6.99. The Morgan fingerprint density at radius 2 is 1.80 bits per heavy atom. The first-order valence-corrected chi connectivity index (χ1v) is 8.60. The molecule has 1 saturated heterocycles. The molecule has 112 valence electrons. The molecule has 4 nitrogen and oxygen atoms in total. The second-order valence-corrected chi connectivity index (χ2v) is 8.27. The van der Waals surface area contributed by atoms with Gasteiger partial charge in [-0.2, -0.15) is 0 Å². The fourth-order valence-electron chi connectivity index (χ4n) is 2.49. The lowest BCUT2D eigenvalue weighted by molar-refractivity contribution is 0.195. The summed E-state index contributed by atoms with van der Waals surface area (Å²) >= 11 is 0. The van der Waals surface area contributed by atoms with Gasteiger partial charge in [0.2, 0.25) is 10.0 Å². The van der Waals surface area contributed by atoms with Crippen molar-refractivity contribution in [2.75, 3.05) is 13.1 Å². The molecule has 1 aromatic rings. The van der Waals surface area contributed by atoms with Gasteiger partial charge < -0.3 is 5.11 Å². The minimum Gasteiger partial charge on any atom is -0.392 e. The van der Waals surface area contributed by atoms with E-state index in [4.69, 9.17) is 5.11 Å². The quantitative estimate of drug-likeness (QED) is 0.926. The number of sulfonamides is 1. The molecule has 1 aliphatic rings. The molecule has 0 aliphatic carbocycles. The van der Waals surface area contributed by atoms with Crippen LogP contribution in [0.5, 0.6) is 0 Å². The van der Waals surface area contributed by atoms with Gasteiger partial charge in [-0.25, -0.2) is 12.7 Å². The molecule has 0 spiro atoms. The number of aliphatic hydroxyl groups excluding tert-OH is 1. The van der Waals surface area contributed by atoms with Gasteiger partial charge in [-0.05, 0) is 29.4 Å². The third-order valence-electron chi connectivity index (χ3n) is 3.99.